The fraction of sp³-hybridized carbons (Fsp3) is 0.312. The zero-order chi connectivity index (χ0) is 16.5. The molecular formula is C16H16N6O2. The molecule has 0 spiro atoms. The SMILES string of the molecule is O=C(NCCn1nc2c(cc1=O)CCC2)c1ccc2n[nH]nc2c1. The summed E-state index contributed by atoms with van der Waals surface area (Å²) in [4.78, 5) is 24.2. The average Bonchev–Trinajstić information content (AvgIpc) is 3.22. The monoisotopic (exact) mass is 324 g/mol. The summed E-state index contributed by atoms with van der Waals surface area (Å²) >= 11 is 0. The molecule has 0 atom stereocenters. The van der Waals surface area contributed by atoms with Crippen molar-refractivity contribution in [3.05, 3.63) is 51.4 Å². The van der Waals surface area contributed by atoms with E-state index in [0.29, 0.717) is 29.7 Å². The number of fused-ring (bicyclic) bond motifs is 2. The first-order valence-electron chi connectivity index (χ1n) is 7.89. The number of aryl methyl sites for hydroxylation is 2. The number of nitrogens with one attached hydrogen (secondary N) is 2. The van der Waals surface area contributed by atoms with Crippen LogP contribution in [0.15, 0.2) is 29.1 Å². The lowest BCUT2D eigenvalue weighted by molar-refractivity contribution is 0.0952. The van der Waals surface area contributed by atoms with Gasteiger partial charge in [-0.3, -0.25) is 9.59 Å². The van der Waals surface area contributed by atoms with Crippen molar-refractivity contribution in [3.8, 4) is 0 Å². The predicted molar refractivity (Wildman–Crippen MR) is 86.7 cm³/mol. The van der Waals surface area contributed by atoms with Crippen LogP contribution in [0.25, 0.3) is 11.0 Å². The number of aromatic nitrogens is 5. The Morgan fingerprint density at radius 2 is 2.08 bits per heavy atom. The van der Waals surface area contributed by atoms with Crippen molar-refractivity contribution in [3.63, 3.8) is 0 Å². The van der Waals surface area contributed by atoms with E-state index in [9.17, 15) is 9.59 Å². The number of rotatable bonds is 4. The third kappa shape index (κ3) is 2.66. The lowest BCUT2D eigenvalue weighted by Gasteiger charge is -2.08. The molecule has 8 heteroatoms. The van der Waals surface area contributed by atoms with Gasteiger partial charge in [0.2, 0.25) is 0 Å². The van der Waals surface area contributed by atoms with Gasteiger partial charge in [0, 0.05) is 18.2 Å². The maximum Gasteiger partial charge on any atom is 0.267 e. The van der Waals surface area contributed by atoms with Crippen LogP contribution in [0.2, 0.25) is 0 Å². The number of carbonyl (C=O) groups is 1. The first-order valence-corrected chi connectivity index (χ1v) is 7.89. The van der Waals surface area contributed by atoms with Gasteiger partial charge in [0.1, 0.15) is 11.0 Å². The summed E-state index contributed by atoms with van der Waals surface area (Å²) in [6.07, 6.45) is 2.90. The Morgan fingerprint density at radius 3 is 3.00 bits per heavy atom. The molecule has 0 aliphatic heterocycles. The lowest BCUT2D eigenvalue weighted by atomic mass is 10.2. The normalized spacial score (nSPS) is 13.2. The number of H-pyrrole nitrogens is 1. The molecule has 3 aromatic rings. The smallest absolute Gasteiger partial charge is 0.267 e. The van der Waals surface area contributed by atoms with Gasteiger partial charge in [-0.25, -0.2) is 4.68 Å². The summed E-state index contributed by atoms with van der Waals surface area (Å²) in [7, 11) is 0. The van der Waals surface area contributed by atoms with Gasteiger partial charge in [0.25, 0.3) is 11.5 Å². The number of hydrogen-bond donors (Lipinski definition) is 2. The Hall–Kier alpha value is -3.03. The zero-order valence-electron chi connectivity index (χ0n) is 13.0. The molecule has 1 aromatic carbocycles. The van der Waals surface area contributed by atoms with Gasteiger partial charge in [-0.2, -0.15) is 20.5 Å². The molecule has 122 valence electrons. The zero-order valence-corrected chi connectivity index (χ0v) is 13.0. The number of hydrogen-bond acceptors (Lipinski definition) is 5. The molecule has 1 aliphatic carbocycles. The van der Waals surface area contributed by atoms with Gasteiger partial charge in [-0.05, 0) is 43.0 Å². The fourth-order valence-corrected chi connectivity index (χ4v) is 2.96. The van der Waals surface area contributed by atoms with E-state index in [4.69, 9.17) is 0 Å². The molecule has 0 saturated carbocycles. The van der Waals surface area contributed by atoms with Crippen molar-refractivity contribution in [1.29, 1.82) is 0 Å². The Balaban J connectivity index is 1.42. The van der Waals surface area contributed by atoms with Crippen molar-refractivity contribution in [2.24, 2.45) is 0 Å². The summed E-state index contributed by atoms with van der Waals surface area (Å²) < 4.78 is 1.42. The van der Waals surface area contributed by atoms with Crippen LogP contribution in [-0.4, -0.2) is 37.6 Å². The summed E-state index contributed by atoms with van der Waals surface area (Å²) in [5, 5.41) is 17.6. The minimum atomic E-state index is -0.214. The molecule has 0 bridgehead atoms. The largest absolute Gasteiger partial charge is 0.350 e. The van der Waals surface area contributed by atoms with Crippen LogP contribution < -0.4 is 10.9 Å². The third-order valence-electron chi connectivity index (χ3n) is 4.21. The molecule has 8 nitrogen and oxygen atoms in total. The molecule has 4 rings (SSSR count). The first kappa shape index (κ1) is 14.6. The molecule has 2 heterocycles. The Kier molecular flexibility index (Phi) is 3.56. The van der Waals surface area contributed by atoms with Crippen LogP contribution in [-0.2, 0) is 19.4 Å². The summed E-state index contributed by atoms with van der Waals surface area (Å²) in [5.41, 5.74) is 3.79. The van der Waals surface area contributed by atoms with Crippen molar-refractivity contribution in [2.75, 3.05) is 6.54 Å². The van der Waals surface area contributed by atoms with Crippen LogP contribution in [0.1, 0.15) is 28.0 Å². The van der Waals surface area contributed by atoms with Gasteiger partial charge >= 0.3 is 0 Å². The highest BCUT2D eigenvalue weighted by Gasteiger charge is 2.14. The number of benzene rings is 1. The highest BCUT2D eigenvalue weighted by atomic mass is 16.2. The topological polar surface area (TPSA) is 106 Å². The molecule has 2 N–H and O–H groups in total. The van der Waals surface area contributed by atoms with Gasteiger partial charge in [-0.1, -0.05) is 0 Å². The number of aromatic amines is 1. The Labute approximate surface area is 136 Å². The van der Waals surface area contributed by atoms with Gasteiger partial charge in [0.05, 0.1) is 12.2 Å². The number of nitrogens with zero attached hydrogens (tertiary/aromatic N) is 4. The molecule has 1 aliphatic rings. The maximum absolute atomic E-state index is 12.2. The quantitative estimate of drug-likeness (QED) is 0.724. The minimum absolute atomic E-state index is 0.117. The standard InChI is InChI=1S/C16H16N6O2/c23-15-9-10-2-1-3-12(10)20-22(15)7-6-17-16(24)11-4-5-13-14(8-11)19-21-18-13/h4-5,8-9H,1-3,6-7H2,(H,17,24)(H,18,19,21). The number of amides is 1. The van der Waals surface area contributed by atoms with E-state index in [2.05, 4.69) is 25.8 Å². The average molecular weight is 324 g/mol. The van der Waals surface area contributed by atoms with E-state index in [1.54, 1.807) is 24.3 Å². The predicted octanol–water partition coefficient (Wildman–Crippen LogP) is 0.433. The Bertz CT molecular complexity index is 974. The van der Waals surface area contributed by atoms with Gasteiger partial charge in [0.15, 0.2) is 0 Å². The summed E-state index contributed by atoms with van der Waals surface area (Å²) in [6.45, 7) is 0.686. The maximum atomic E-state index is 12.2. The molecule has 1 amide bonds. The van der Waals surface area contributed by atoms with Gasteiger partial charge < -0.3 is 5.32 Å². The van der Waals surface area contributed by atoms with E-state index in [1.165, 1.54) is 4.68 Å². The van der Waals surface area contributed by atoms with Crippen LogP contribution in [0.5, 0.6) is 0 Å². The fourth-order valence-electron chi connectivity index (χ4n) is 2.96. The molecule has 0 radical (unpaired) electrons. The van der Waals surface area contributed by atoms with Crippen LogP contribution in [0.3, 0.4) is 0 Å². The van der Waals surface area contributed by atoms with Crippen LogP contribution in [0, 0.1) is 0 Å². The third-order valence-corrected chi connectivity index (χ3v) is 4.21. The van der Waals surface area contributed by atoms with E-state index in [1.807, 2.05) is 0 Å². The van der Waals surface area contributed by atoms with E-state index < -0.39 is 0 Å². The second kappa shape index (κ2) is 5.88. The van der Waals surface area contributed by atoms with E-state index in [-0.39, 0.29) is 11.5 Å². The number of carbonyl (C=O) groups excluding carboxylic acids is 1. The minimum Gasteiger partial charge on any atom is -0.350 e. The van der Waals surface area contributed by atoms with Crippen molar-refractivity contribution in [1.82, 2.24) is 30.5 Å². The highest BCUT2D eigenvalue weighted by molar-refractivity contribution is 5.97. The van der Waals surface area contributed by atoms with Crippen LogP contribution in [0.4, 0.5) is 0 Å². The molecular weight excluding hydrogens is 308 g/mol. The van der Waals surface area contributed by atoms with E-state index >= 15 is 0 Å². The summed E-state index contributed by atoms with van der Waals surface area (Å²) in [6, 6.07) is 6.77. The van der Waals surface area contributed by atoms with Gasteiger partial charge in [-0.15, -0.1) is 0 Å². The molecule has 0 saturated heterocycles. The summed E-state index contributed by atoms with van der Waals surface area (Å²) in [5.74, 6) is -0.214. The lowest BCUT2D eigenvalue weighted by Crippen LogP contribution is -2.32. The van der Waals surface area contributed by atoms with Crippen molar-refractivity contribution in [2.45, 2.75) is 25.8 Å². The van der Waals surface area contributed by atoms with Crippen LogP contribution >= 0.6 is 0 Å². The molecule has 24 heavy (non-hydrogen) atoms. The first-order chi connectivity index (χ1) is 11.7. The second-order valence-electron chi connectivity index (χ2n) is 5.81. The van der Waals surface area contributed by atoms with Crippen molar-refractivity contribution < 1.29 is 4.79 Å². The molecule has 2 aromatic heterocycles. The van der Waals surface area contributed by atoms with E-state index in [0.717, 1.165) is 30.5 Å². The second-order valence-corrected chi connectivity index (χ2v) is 5.81. The Morgan fingerprint density at radius 1 is 1.21 bits per heavy atom. The highest BCUT2D eigenvalue weighted by Crippen LogP contribution is 2.16. The molecule has 0 unspecified atom stereocenters. The van der Waals surface area contributed by atoms with Crippen molar-refractivity contribution >= 4 is 16.9 Å². The molecule has 0 fully saturated rings.